The molecule has 1 saturated heterocycles. The molecular weight excluding hydrogens is 394 g/mol. The van der Waals surface area contributed by atoms with E-state index in [1.54, 1.807) is 28.7 Å². The van der Waals surface area contributed by atoms with E-state index < -0.39 is 0 Å². The summed E-state index contributed by atoms with van der Waals surface area (Å²) in [4.78, 5) is 28.5. The number of unbranched alkanes of at least 4 members (excludes halogenated alkanes) is 3. The maximum atomic E-state index is 12.5. The third-order valence-corrected chi connectivity index (χ3v) is 5.92. The van der Waals surface area contributed by atoms with Crippen LogP contribution >= 0.6 is 11.8 Å². The SMILES string of the molecule is CNCCCCCCN(C)C(=O)CC1CSCN1C(=O)COCCOCCOC. The highest BCUT2D eigenvalue weighted by Crippen LogP contribution is 2.24. The van der Waals surface area contributed by atoms with Gasteiger partial charge in [0.1, 0.15) is 6.61 Å². The van der Waals surface area contributed by atoms with Crippen LogP contribution in [0.1, 0.15) is 32.1 Å². The predicted octanol–water partition coefficient (Wildman–Crippen LogP) is 1.20. The Morgan fingerprint density at radius 3 is 2.59 bits per heavy atom. The molecule has 170 valence electrons. The molecule has 1 atom stereocenters. The second-order valence-electron chi connectivity index (χ2n) is 7.21. The van der Waals surface area contributed by atoms with E-state index in [0.29, 0.717) is 38.7 Å². The first-order valence-corrected chi connectivity index (χ1v) is 11.7. The summed E-state index contributed by atoms with van der Waals surface area (Å²) in [6.45, 7) is 3.72. The van der Waals surface area contributed by atoms with Gasteiger partial charge in [-0.3, -0.25) is 9.59 Å². The molecule has 1 aliphatic heterocycles. The minimum absolute atomic E-state index is 0.0291. The number of ether oxygens (including phenoxy) is 3. The monoisotopic (exact) mass is 433 g/mol. The first kappa shape index (κ1) is 26.2. The second kappa shape index (κ2) is 16.9. The number of hydrogen-bond acceptors (Lipinski definition) is 7. The van der Waals surface area contributed by atoms with Crippen molar-refractivity contribution in [2.75, 3.05) is 79.0 Å². The van der Waals surface area contributed by atoms with Crippen molar-refractivity contribution < 1.29 is 23.8 Å². The quantitative estimate of drug-likeness (QED) is 0.345. The Hall–Kier alpha value is -0.870. The van der Waals surface area contributed by atoms with Gasteiger partial charge >= 0.3 is 0 Å². The van der Waals surface area contributed by atoms with Gasteiger partial charge in [0.25, 0.3) is 0 Å². The van der Waals surface area contributed by atoms with Crippen LogP contribution in [0.5, 0.6) is 0 Å². The average Bonchev–Trinajstić information content (AvgIpc) is 3.17. The summed E-state index contributed by atoms with van der Waals surface area (Å²) in [7, 11) is 5.45. The fourth-order valence-electron chi connectivity index (χ4n) is 3.02. The smallest absolute Gasteiger partial charge is 0.249 e. The van der Waals surface area contributed by atoms with Crippen LogP contribution < -0.4 is 5.32 Å². The summed E-state index contributed by atoms with van der Waals surface area (Å²) in [6.07, 6.45) is 4.90. The summed E-state index contributed by atoms with van der Waals surface area (Å²) in [5, 5.41) is 3.15. The van der Waals surface area contributed by atoms with Crippen molar-refractivity contribution in [3.63, 3.8) is 0 Å². The molecule has 0 radical (unpaired) electrons. The molecule has 1 rings (SSSR count). The third-order valence-electron chi connectivity index (χ3n) is 4.84. The van der Waals surface area contributed by atoms with E-state index in [0.717, 1.165) is 31.7 Å². The average molecular weight is 434 g/mol. The summed E-state index contributed by atoms with van der Waals surface area (Å²) in [6, 6.07) is -0.0420. The lowest BCUT2D eigenvalue weighted by Gasteiger charge is -2.25. The topological polar surface area (TPSA) is 80.3 Å². The summed E-state index contributed by atoms with van der Waals surface area (Å²) < 4.78 is 15.6. The number of hydrogen-bond donors (Lipinski definition) is 1. The van der Waals surface area contributed by atoms with E-state index in [-0.39, 0.29) is 24.5 Å². The molecule has 0 aromatic carbocycles. The van der Waals surface area contributed by atoms with E-state index >= 15 is 0 Å². The van der Waals surface area contributed by atoms with Gasteiger partial charge in [-0.2, -0.15) is 0 Å². The lowest BCUT2D eigenvalue weighted by Crippen LogP contribution is -2.42. The Balaban J connectivity index is 2.21. The second-order valence-corrected chi connectivity index (χ2v) is 8.21. The molecule has 0 aliphatic carbocycles. The highest BCUT2D eigenvalue weighted by Gasteiger charge is 2.31. The van der Waals surface area contributed by atoms with Gasteiger partial charge in [-0.15, -0.1) is 11.8 Å². The fourth-order valence-corrected chi connectivity index (χ4v) is 4.24. The van der Waals surface area contributed by atoms with Gasteiger partial charge in [0.2, 0.25) is 11.8 Å². The minimum atomic E-state index is -0.0584. The number of thioether (sulfide) groups is 1. The number of methoxy groups -OCH3 is 1. The van der Waals surface area contributed by atoms with Crippen LogP contribution in [0.25, 0.3) is 0 Å². The molecule has 0 bridgehead atoms. The Labute approximate surface area is 180 Å². The first-order chi connectivity index (χ1) is 14.1. The number of carbonyl (C=O) groups excluding carboxylic acids is 2. The minimum Gasteiger partial charge on any atom is -0.382 e. The lowest BCUT2D eigenvalue weighted by atomic mass is 10.1. The zero-order valence-electron chi connectivity index (χ0n) is 18.3. The number of nitrogens with one attached hydrogen (secondary N) is 1. The molecule has 1 unspecified atom stereocenters. The Bertz CT molecular complexity index is 456. The Morgan fingerprint density at radius 1 is 1.10 bits per heavy atom. The summed E-state index contributed by atoms with van der Waals surface area (Å²) in [5.74, 6) is 1.48. The van der Waals surface area contributed by atoms with Gasteiger partial charge in [0.05, 0.1) is 38.3 Å². The molecule has 2 amide bonds. The number of amides is 2. The van der Waals surface area contributed by atoms with Crippen molar-refractivity contribution in [3.05, 3.63) is 0 Å². The molecular formula is C20H39N3O5S. The molecule has 1 N–H and O–H groups in total. The van der Waals surface area contributed by atoms with Gasteiger partial charge in [0, 0.05) is 32.9 Å². The summed E-state index contributed by atoms with van der Waals surface area (Å²) >= 11 is 1.69. The zero-order chi connectivity index (χ0) is 21.3. The number of nitrogens with zero attached hydrogens (tertiary/aromatic N) is 2. The van der Waals surface area contributed by atoms with Crippen molar-refractivity contribution in [1.82, 2.24) is 15.1 Å². The van der Waals surface area contributed by atoms with E-state index in [1.807, 2.05) is 14.1 Å². The van der Waals surface area contributed by atoms with Crippen LogP contribution in [0.15, 0.2) is 0 Å². The molecule has 1 heterocycles. The van der Waals surface area contributed by atoms with Crippen molar-refractivity contribution in [3.8, 4) is 0 Å². The van der Waals surface area contributed by atoms with Crippen LogP contribution in [0.2, 0.25) is 0 Å². The standard InChI is InChI=1S/C20H39N3O5S/c1-21-8-6-4-5-7-9-22(2)19(24)14-18-16-29-17-23(18)20(25)15-28-13-12-27-11-10-26-3/h18,21H,4-17H2,1-3H3. The molecule has 0 aromatic heterocycles. The van der Waals surface area contributed by atoms with Crippen LogP contribution in [-0.2, 0) is 23.8 Å². The van der Waals surface area contributed by atoms with Crippen molar-refractivity contribution in [2.45, 2.75) is 38.1 Å². The molecule has 29 heavy (non-hydrogen) atoms. The molecule has 0 aromatic rings. The molecule has 0 saturated carbocycles. The Morgan fingerprint density at radius 2 is 1.83 bits per heavy atom. The van der Waals surface area contributed by atoms with E-state index in [4.69, 9.17) is 14.2 Å². The number of carbonyl (C=O) groups is 2. The first-order valence-electron chi connectivity index (χ1n) is 10.5. The van der Waals surface area contributed by atoms with E-state index in [9.17, 15) is 9.59 Å². The maximum absolute atomic E-state index is 12.5. The molecule has 1 aliphatic rings. The predicted molar refractivity (Wildman–Crippen MR) is 116 cm³/mol. The molecule has 9 heteroatoms. The Kier molecular flexibility index (Phi) is 15.2. The van der Waals surface area contributed by atoms with Crippen LogP contribution in [0, 0.1) is 0 Å². The summed E-state index contributed by atoms with van der Waals surface area (Å²) in [5.41, 5.74) is 0. The zero-order valence-corrected chi connectivity index (χ0v) is 19.1. The van der Waals surface area contributed by atoms with Gasteiger partial charge in [-0.1, -0.05) is 12.8 Å². The normalized spacial score (nSPS) is 16.4. The van der Waals surface area contributed by atoms with E-state index in [2.05, 4.69) is 5.32 Å². The molecule has 0 spiro atoms. The van der Waals surface area contributed by atoms with Gasteiger partial charge < -0.3 is 29.3 Å². The third kappa shape index (κ3) is 11.8. The van der Waals surface area contributed by atoms with Crippen molar-refractivity contribution in [1.29, 1.82) is 0 Å². The number of rotatable bonds is 17. The fraction of sp³-hybridized carbons (Fsp3) is 0.900. The van der Waals surface area contributed by atoms with Crippen molar-refractivity contribution in [2.24, 2.45) is 0 Å². The van der Waals surface area contributed by atoms with Crippen LogP contribution in [-0.4, -0.2) is 107 Å². The van der Waals surface area contributed by atoms with Gasteiger partial charge in [-0.05, 0) is 26.4 Å². The molecule has 1 fully saturated rings. The van der Waals surface area contributed by atoms with Crippen LogP contribution in [0.3, 0.4) is 0 Å². The van der Waals surface area contributed by atoms with Crippen molar-refractivity contribution >= 4 is 23.6 Å². The largest absolute Gasteiger partial charge is 0.382 e. The van der Waals surface area contributed by atoms with Crippen LogP contribution in [0.4, 0.5) is 0 Å². The molecule has 8 nitrogen and oxygen atoms in total. The van der Waals surface area contributed by atoms with E-state index in [1.165, 1.54) is 12.8 Å². The lowest BCUT2D eigenvalue weighted by molar-refractivity contribution is -0.139. The highest BCUT2D eigenvalue weighted by atomic mass is 32.2. The highest BCUT2D eigenvalue weighted by molar-refractivity contribution is 7.99. The van der Waals surface area contributed by atoms with Gasteiger partial charge in [0.15, 0.2) is 0 Å². The van der Waals surface area contributed by atoms with Gasteiger partial charge in [-0.25, -0.2) is 0 Å². The maximum Gasteiger partial charge on any atom is 0.249 e.